The molecule has 2 aromatic carbocycles. The number of piperazine rings is 1. The van der Waals surface area contributed by atoms with Crippen molar-refractivity contribution in [3.63, 3.8) is 0 Å². The number of anilines is 1. The molecule has 166 valence electrons. The highest BCUT2D eigenvalue weighted by atomic mass is 79.9. The fraction of sp³-hybridized carbons (Fsp3) is 0.391. The highest BCUT2D eigenvalue weighted by Crippen LogP contribution is 2.18. The number of hydrogen-bond acceptors (Lipinski definition) is 5. The minimum Gasteiger partial charge on any atom is -0.494 e. The Morgan fingerprint density at radius 2 is 1.61 bits per heavy atom. The van der Waals surface area contributed by atoms with Crippen LogP contribution in [0.5, 0.6) is 5.75 Å². The molecular formula is C23H29BrN4O3. The average molecular weight is 489 g/mol. The summed E-state index contributed by atoms with van der Waals surface area (Å²) >= 11 is 3.39. The molecular weight excluding hydrogens is 460 g/mol. The van der Waals surface area contributed by atoms with Crippen molar-refractivity contribution in [3.05, 3.63) is 59.1 Å². The van der Waals surface area contributed by atoms with Gasteiger partial charge in [0.15, 0.2) is 0 Å². The van der Waals surface area contributed by atoms with Gasteiger partial charge in [0.25, 0.3) is 0 Å². The van der Waals surface area contributed by atoms with Gasteiger partial charge in [-0.15, -0.1) is 0 Å². The molecule has 1 aliphatic rings. The molecule has 2 aromatic rings. The minimum absolute atomic E-state index is 0.177. The highest BCUT2D eigenvalue weighted by Gasteiger charge is 2.17. The molecule has 1 saturated heterocycles. The van der Waals surface area contributed by atoms with Gasteiger partial charge in [-0.25, -0.2) is 0 Å². The van der Waals surface area contributed by atoms with Crippen molar-refractivity contribution in [2.24, 2.45) is 0 Å². The third-order valence-corrected chi connectivity index (χ3v) is 5.60. The van der Waals surface area contributed by atoms with E-state index < -0.39 is 0 Å². The maximum Gasteiger partial charge on any atom is 0.239 e. The number of nitrogens with one attached hydrogen (secondary N) is 2. The van der Waals surface area contributed by atoms with Crippen molar-refractivity contribution in [2.75, 3.05) is 44.2 Å². The molecule has 0 unspecified atom stereocenters. The molecule has 0 aromatic heterocycles. The summed E-state index contributed by atoms with van der Waals surface area (Å²) in [5.74, 6) is 0.361. The van der Waals surface area contributed by atoms with Crippen molar-refractivity contribution in [3.8, 4) is 5.75 Å². The van der Waals surface area contributed by atoms with Crippen LogP contribution in [0.15, 0.2) is 59.1 Å². The first kappa shape index (κ1) is 23.1. The standard InChI is InChI=1S/C23H29BrN4O3/c24-19-6-4-9-21(18-19)31-17-5-10-22(29)25-26-23(30)11-12-27-13-15-28(16-14-27)20-7-2-1-3-8-20/h1-4,6-9,18H,5,10-17H2,(H,25,29)(H,26,30). The van der Waals surface area contributed by atoms with E-state index in [4.69, 9.17) is 4.74 Å². The van der Waals surface area contributed by atoms with Crippen LogP contribution < -0.4 is 20.5 Å². The molecule has 0 aliphatic carbocycles. The second-order valence-corrected chi connectivity index (χ2v) is 8.34. The largest absolute Gasteiger partial charge is 0.494 e. The van der Waals surface area contributed by atoms with Crippen LogP contribution in [0, 0.1) is 0 Å². The van der Waals surface area contributed by atoms with Gasteiger partial charge in [0.1, 0.15) is 5.75 Å². The molecule has 1 fully saturated rings. The predicted molar refractivity (Wildman–Crippen MR) is 125 cm³/mol. The first-order valence-electron chi connectivity index (χ1n) is 10.6. The summed E-state index contributed by atoms with van der Waals surface area (Å²) < 4.78 is 6.55. The van der Waals surface area contributed by atoms with Gasteiger partial charge in [-0.2, -0.15) is 0 Å². The van der Waals surface area contributed by atoms with E-state index in [1.165, 1.54) is 5.69 Å². The highest BCUT2D eigenvalue weighted by molar-refractivity contribution is 9.10. The van der Waals surface area contributed by atoms with E-state index in [0.29, 0.717) is 26.0 Å². The van der Waals surface area contributed by atoms with Gasteiger partial charge in [-0.3, -0.25) is 25.3 Å². The molecule has 0 atom stereocenters. The van der Waals surface area contributed by atoms with Crippen LogP contribution in [-0.4, -0.2) is 56.0 Å². The normalized spacial score (nSPS) is 14.2. The summed E-state index contributed by atoms with van der Waals surface area (Å²) in [6, 6.07) is 17.9. The lowest BCUT2D eigenvalue weighted by atomic mass is 10.2. The lowest BCUT2D eigenvalue weighted by molar-refractivity contribution is -0.129. The zero-order valence-corrected chi connectivity index (χ0v) is 19.1. The molecule has 3 rings (SSSR count). The number of amides is 2. The Balaban J connectivity index is 1.23. The van der Waals surface area contributed by atoms with Crippen LogP contribution in [0.3, 0.4) is 0 Å². The molecule has 2 amide bonds. The number of hydrazine groups is 1. The second kappa shape index (κ2) is 12.3. The molecule has 0 bridgehead atoms. The van der Waals surface area contributed by atoms with Crippen LogP contribution in [0.4, 0.5) is 5.69 Å². The number of carbonyl (C=O) groups is 2. The Kier molecular flexibility index (Phi) is 9.17. The molecule has 2 N–H and O–H groups in total. The summed E-state index contributed by atoms with van der Waals surface area (Å²) in [6.45, 7) is 4.87. The number of carbonyl (C=O) groups excluding carboxylic acids is 2. The quantitative estimate of drug-likeness (QED) is 0.419. The molecule has 1 heterocycles. The Bertz CT molecular complexity index is 842. The topological polar surface area (TPSA) is 73.9 Å². The fourth-order valence-electron chi connectivity index (χ4n) is 3.37. The Morgan fingerprint density at radius 1 is 0.903 bits per heavy atom. The summed E-state index contributed by atoms with van der Waals surface area (Å²) in [4.78, 5) is 28.6. The van der Waals surface area contributed by atoms with E-state index in [-0.39, 0.29) is 18.2 Å². The third-order valence-electron chi connectivity index (χ3n) is 5.10. The number of halogens is 1. The van der Waals surface area contributed by atoms with Crippen LogP contribution in [-0.2, 0) is 9.59 Å². The molecule has 1 aliphatic heterocycles. The van der Waals surface area contributed by atoms with Crippen molar-refractivity contribution < 1.29 is 14.3 Å². The lowest BCUT2D eigenvalue weighted by Gasteiger charge is -2.36. The summed E-state index contributed by atoms with van der Waals surface area (Å²) in [5, 5.41) is 0. The number of para-hydroxylation sites is 1. The van der Waals surface area contributed by atoms with Crippen molar-refractivity contribution >= 4 is 33.4 Å². The Labute approximate surface area is 191 Å². The minimum atomic E-state index is -0.220. The first-order chi connectivity index (χ1) is 15.1. The van der Waals surface area contributed by atoms with Gasteiger partial charge in [-0.05, 0) is 36.8 Å². The fourth-order valence-corrected chi connectivity index (χ4v) is 3.75. The molecule has 0 saturated carbocycles. The van der Waals surface area contributed by atoms with Crippen LogP contribution >= 0.6 is 15.9 Å². The molecule has 8 heteroatoms. The van der Waals surface area contributed by atoms with Gasteiger partial charge >= 0.3 is 0 Å². The van der Waals surface area contributed by atoms with Crippen molar-refractivity contribution in [1.29, 1.82) is 0 Å². The maximum atomic E-state index is 12.0. The molecule has 31 heavy (non-hydrogen) atoms. The van der Waals surface area contributed by atoms with Gasteiger partial charge < -0.3 is 9.64 Å². The predicted octanol–water partition coefficient (Wildman–Crippen LogP) is 2.97. The van der Waals surface area contributed by atoms with E-state index in [1.807, 2.05) is 30.3 Å². The van der Waals surface area contributed by atoms with Gasteiger partial charge in [0.05, 0.1) is 6.61 Å². The van der Waals surface area contributed by atoms with Crippen molar-refractivity contribution in [2.45, 2.75) is 19.3 Å². The summed E-state index contributed by atoms with van der Waals surface area (Å²) in [5.41, 5.74) is 6.22. The molecule has 0 radical (unpaired) electrons. The van der Waals surface area contributed by atoms with E-state index in [9.17, 15) is 9.59 Å². The van der Waals surface area contributed by atoms with E-state index in [1.54, 1.807) is 0 Å². The van der Waals surface area contributed by atoms with Gasteiger partial charge in [0.2, 0.25) is 11.8 Å². The van der Waals surface area contributed by atoms with Gasteiger partial charge in [-0.1, -0.05) is 40.2 Å². The second-order valence-electron chi connectivity index (χ2n) is 7.42. The van der Waals surface area contributed by atoms with Crippen LogP contribution in [0.1, 0.15) is 19.3 Å². The number of nitrogens with zero attached hydrogens (tertiary/aromatic N) is 2. The van der Waals surface area contributed by atoms with E-state index in [2.05, 4.69) is 60.8 Å². The zero-order valence-electron chi connectivity index (χ0n) is 17.6. The maximum absolute atomic E-state index is 12.0. The Morgan fingerprint density at radius 3 is 2.32 bits per heavy atom. The third kappa shape index (κ3) is 8.22. The number of rotatable bonds is 9. The molecule has 7 nitrogen and oxygen atoms in total. The monoisotopic (exact) mass is 488 g/mol. The average Bonchev–Trinajstić information content (AvgIpc) is 2.80. The van der Waals surface area contributed by atoms with E-state index in [0.717, 1.165) is 36.4 Å². The number of hydrogen-bond donors (Lipinski definition) is 2. The SMILES string of the molecule is O=C(CCCOc1cccc(Br)c1)NNC(=O)CCN1CCN(c2ccccc2)CC1. The first-order valence-corrected chi connectivity index (χ1v) is 11.4. The zero-order chi connectivity index (χ0) is 21.9. The van der Waals surface area contributed by atoms with E-state index >= 15 is 0 Å². The molecule has 0 spiro atoms. The number of benzene rings is 2. The smallest absolute Gasteiger partial charge is 0.239 e. The lowest BCUT2D eigenvalue weighted by Crippen LogP contribution is -2.48. The van der Waals surface area contributed by atoms with Gasteiger partial charge in [0, 0.05) is 55.7 Å². The Hall–Kier alpha value is -2.58. The number of ether oxygens (including phenoxy) is 1. The summed E-state index contributed by atoms with van der Waals surface area (Å²) in [7, 11) is 0. The van der Waals surface area contributed by atoms with Crippen LogP contribution in [0.2, 0.25) is 0 Å². The van der Waals surface area contributed by atoms with Crippen molar-refractivity contribution in [1.82, 2.24) is 15.8 Å². The summed E-state index contributed by atoms with van der Waals surface area (Å²) in [6.07, 6.45) is 1.22. The van der Waals surface area contributed by atoms with Crippen LogP contribution in [0.25, 0.3) is 0 Å².